The Morgan fingerprint density at radius 3 is 2.88 bits per heavy atom. The Balaban J connectivity index is 2.55. The molecule has 0 aliphatic heterocycles. The third-order valence-corrected chi connectivity index (χ3v) is 3.09. The van der Waals surface area contributed by atoms with Crippen LogP contribution in [-0.4, -0.2) is 20.7 Å². The minimum atomic E-state index is 0.904. The van der Waals surface area contributed by atoms with Crippen molar-refractivity contribution in [3.8, 4) is 5.75 Å². The van der Waals surface area contributed by atoms with Gasteiger partial charge in [0.1, 0.15) is 5.75 Å². The first-order valence-electron chi connectivity index (χ1n) is 5.40. The summed E-state index contributed by atoms with van der Waals surface area (Å²) in [4.78, 5) is 0. The Morgan fingerprint density at radius 1 is 1.38 bits per heavy atom. The van der Waals surface area contributed by atoms with Crippen molar-refractivity contribution in [2.24, 2.45) is 0 Å². The topological polar surface area (TPSA) is 21.3 Å². The number of hydrogen-bond donors (Lipinski definition) is 1. The van der Waals surface area contributed by atoms with E-state index in [1.807, 2.05) is 19.2 Å². The highest BCUT2D eigenvalue weighted by Gasteiger charge is 1.99. The normalized spacial score (nSPS) is 10.9. The molecule has 0 aliphatic rings. The summed E-state index contributed by atoms with van der Waals surface area (Å²) in [6, 6.07) is 6.04. The van der Waals surface area contributed by atoms with Gasteiger partial charge in [0.2, 0.25) is 0 Å². The molecule has 0 aromatic heterocycles. The Hall–Kier alpha value is -0.800. The predicted molar refractivity (Wildman–Crippen MR) is 72.1 cm³/mol. The summed E-state index contributed by atoms with van der Waals surface area (Å²) in [6.45, 7) is 1.02. The zero-order valence-electron chi connectivity index (χ0n) is 9.79. The van der Waals surface area contributed by atoms with E-state index in [0.717, 1.165) is 29.6 Å². The monoisotopic (exact) mass is 283 g/mol. The summed E-state index contributed by atoms with van der Waals surface area (Å²) >= 11 is 3.54. The molecule has 0 amide bonds. The first-order chi connectivity index (χ1) is 7.77. The molecule has 0 saturated heterocycles. The van der Waals surface area contributed by atoms with Crippen LogP contribution in [0, 0.1) is 0 Å². The smallest absolute Gasteiger partial charge is 0.119 e. The van der Waals surface area contributed by atoms with Gasteiger partial charge in [0.15, 0.2) is 0 Å². The lowest BCUT2D eigenvalue weighted by Gasteiger charge is -2.04. The van der Waals surface area contributed by atoms with E-state index in [2.05, 4.69) is 39.5 Å². The molecule has 1 N–H and O–H groups in total. The molecular weight excluding hydrogens is 266 g/mol. The summed E-state index contributed by atoms with van der Waals surface area (Å²) in [6.07, 6.45) is 6.39. The maximum atomic E-state index is 5.20. The van der Waals surface area contributed by atoms with E-state index in [9.17, 15) is 0 Å². The third-order valence-electron chi connectivity index (χ3n) is 2.32. The SMILES string of the molecule is CNCCC=CCc1cc(OC)ccc1Br. The van der Waals surface area contributed by atoms with Gasteiger partial charge < -0.3 is 10.1 Å². The van der Waals surface area contributed by atoms with Crippen LogP contribution < -0.4 is 10.1 Å². The number of ether oxygens (including phenoxy) is 1. The maximum absolute atomic E-state index is 5.20. The lowest BCUT2D eigenvalue weighted by atomic mass is 10.1. The number of rotatable bonds is 6. The first kappa shape index (κ1) is 13.3. The quantitative estimate of drug-likeness (QED) is 0.640. The molecule has 16 heavy (non-hydrogen) atoms. The maximum Gasteiger partial charge on any atom is 0.119 e. The van der Waals surface area contributed by atoms with Crippen LogP contribution in [0.2, 0.25) is 0 Å². The Morgan fingerprint density at radius 2 is 2.19 bits per heavy atom. The van der Waals surface area contributed by atoms with Crippen LogP contribution >= 0.6 is 15.9 Å². The van der Waals surface area contributed by atoms with Crippen molar-refractivity contribution in [2.75, 3.05) is 20.7 Å². The molecule has 0 spiro atoms. The molecular formula is C13H18BrNO. The molecule has 2 nitrogen and oxygen atoms in total. The lowest BCUT2D eigenvalue weighted by Crippen LogP contribution is -2.05. The second kappa shape index (κ2) is 7.47. The van der Waals surface area contributed by atoms with Gasteiger partial charge >= 0.3 is 0 Å². The van der Waals surface area contributed by atoms with E-state index in [4.69, 9.17) is 4.74 Å². The minimum absolute atomic E-state index is 0.904. The van der Waals surface area contributed by atoms with Crippen molar-refractivity contribution >= 4 is 15.9 Å². The average Bonchev–Trinajstić information content (AvgIpc) is 2.31. The molecule has 0 unspecified atom stereocenters. The van der Waals surface area contributed by atoms with Gasteiger partial charge in [-0.3, -0.25) is 0 Å². The zero-order valence-corrected chi connectivity index (χ0v) is 11.4. The fourth-order valence-electron chi connectivity index (χ4n) is 1.39. The van der Waals surface area contributed by atoms with Crippen molar-refractivity contribution in [3.63, 3.8) is 0 Å². The third kappa shape index (κ3) is 4.37. The molecule has 3 heteroatoms. The van der Waals surface area contributed by atoms with Gasteiger partial charge in [0.05, 0.1) is 7.11 Å². The van der Waals surface area contributed by atoms with Crippen molar-refractivity contribution in [1.82, 2.24) is 5.32 Å². The largest absolute Gasteiger partial charge is 0.497 e. The van der Waals surface area contributed by atoms with Crippen molar-refractivity contribution < 1.29 is 4.74 Å². The number of halogens is 1. The van der Waals surface area contributed by atoms with E-state index < -0.39 is 0 Å². The fraction of sp³-hybridized carbons (Fsp3) is 0.385. The summed E-state index contributed by atoms with van der Waals surface area (Å²) in [5.74, 6) is 0.904. The Bertz CT molecular complexity index is 350. The van der Waals surface area contributed by atoms with Gasteiger partial charge in [-0.1, -0.05) is 28.1 Å². The average molecular weight is 284 g/mol. The molecule has 0 fully saturated rings. The van der Waals surface area contributed by atoms with Crippen molar-refractivity contribution in [3.05, 3.63) is 40.4 Å². The lowest BCUT2D eigenvalue weighted by molar-refractivity contribution is 0.414. The van der Waals surface area contributed by atoms with Gasteiger partial charge in [-0.05, 0) is 50.2 Å². The van der Waals surface area contributed by atoms with Crippen LogP contribution in [0.15, 0.2) is 34.8 Å². The van der Waals surface area contributed by atoms with E-state index in [1.165, 1.54) is 5.56 Å². The summed E-state index contributed by atoms with van der Waals surface area (Å²) < 4.78 is 6.33. The molecule has 0 atom stereocenters. The minimum Gasteiger partial charge on any atom is -0.497 e. The molecule has 1 rings (SSSR count). The number of allylic oxidation sites excluding steroid dienone is 1. The predicted octanol–water partition coefficient (Wildman–Crippen LogP) is 3.17. The van der Waals surface area contributed by atoms with Crippen LogP contribution in [-0.2, 0) is 6.42 Å². The Kier molecular flexibility index (Phi) is 6.19. The first-order valence-corrected chi connectivity index (χ1v) is 6.19. The fourth-order valence-corrected chi connectivity index (χ4v) is 1.80. The van der Waals surface area contributed by atoms with Crippen LogP contribution in [0.25, 0.3) is 0 Å². The van der Waals surface area contributed by atoms with Crippen molar-refractivity contribution in [1.29, 1.82) is 0 Å². The van der Waals surface area contributed by atoms with Gasteiger partial charge in [0, 0.05) is 4.47 Å². The highest BCUT2D eigenvalue weighted by atomic mass is 79.9. The molecule has 0 saturated carbocycles. The van der Waals surface area contributed by atoms with Gasteiger partial charge in [-0.15, -0.1) is 0 Å². The van der Waals surface area contributed by atoms with E-state index >= 15 is 0 Å². The highest BCUT2D eigenvalue weighted by Crippen LogP contribution is 2.23. The molecule has 0 radical (unpaired) electrons. The summed E-state index contributed by atoms with van der Waals surface area (Å²) in [5.41, 5.74) is 1.25. The molecule has 1 aromatic carbocycles. The number of hydrogen-bond acceptors (Lipinski definition) is 2. The van der Waals surface area contributed by atoms with Crippen LogP contribution in [0.1, 0.15) is 12.0 Å². The standard InChI is InChI=1S/C13H18BrNO/c1-15-9-5-3-4-6-11-10-12(16-2)7-8-13(11)14/h3-4,7-8,10,15H,5-6,9H2,1-2H3. The number of nitrogens with one attached hydrogen (secondary N) is 1. The van der Waals surface area contributed by atoms with Gasteiger partial charge in [-0.2, -0.15) is 0 Å². The van der Waals surface area contributed by atoms with Gasteiger partial charge in [-0.25, -0.2) is 0 Å². The summed E-state index contributed by atoms with van der Waals surface area (Å²) in [5, 5.41) is 3.12. The number of benzene rings is 1. The van der Waals surface area contributed by atoms with E-state index in [0.29, 0.717) is 0 Å². The molecule has 1 aromatic rings. The van der Waals surface area contributed by atoms with Crippen LogP contribution in [0.3, 0.4) is 0 Å². The van der Waals surface area contributed by atoms with E-state index in [1.54, 1.807) is 7.11 Å². The number of methoxy groups -OCH3 is 1. The molecule has 0 heterocycles. The van der Waals surface area contributed by atoms with Crippen LogP contribution in [0.5, 0.6) is 5.75 Å². The zero-order chi connectivity index (χ0) is 11.8. The molecule has 0 aliphatic carbocycles. The Labute approximate surface area is 106 Å². The van der Waals surface area contributed by atoms with E-state index in [-0.39, 0.29) is 0 Å². The van der Waals surface area contributed by atoms with Crippen LogP contribution in [0.4, 0.5) is 0 Å². The molecule has 88 valence electrons. The van der Waals surface area contributed by atoms with Crippen molar-refractivity contribution in [2.45, 2.75) is 12.8 Å². The molecule has 0 bridgehead atoms. The summed E-state index contributed by atoms with van der Waals surface area (Å²) in [7, 11) is 3.66. The second-order valence-electron chi connectivity index (χ2n) is 3.53. The highest BCUT2D eigenvalue weighted by molar-refractivity contribution is 9.10. The van der Waals surface area contributed by atoms with Gasteiger partial charge in [0.25, 0.3) is 0 Å². The second-order valence-corrected chi connectivity index (χ2v) is 4.38.